The third kappa shape index (κ3) is 4.63. The number of aromatic nitrogens is 3. The summed E-state index contributed by atoms with van der Waals surface area (Å²) in [5.74, 6) is 1.86. The second kappa shape index (κ2) is 9.57. The molecule has 0 amide bonds. The number of piperazine rings is 1. The molecule has 2 aliphatic rings. The highest BCUT2D eigenvalue weighted by Crippen LogP contribution is 2.25. The van der Waals surface area contributed by atoms with Gasteiger partial charge in [0.05, 0.1) is 19.5 Å². The third-order valence-electron chi connectivity index (χ3n) is 6.65. The molecule has 8 heteroatoms. The molecule has 0 radical (unpaired) electrons. The van der Waals surface area contributed by atoms with Gasteiger partial charge in [-0.25, -0.2) is 4.68 Å². The summed E-state index contributed by atoms with van der Waals surface area (Å²) in [5.41, 5.74) is 3.57. The van der Waals surface area contributed by atoms with Gasteiger partial charge in [-0.1, -0.05) is 17.7 Å². The zero-order valence-corrected chi connectivity index (χ0v) is 20.3. The molecule has 0 aliphatic carbocycles. The number of hydrogen-bond donors (Lipinski definition) is 0. The SMILES string of the molecule is COc1ccc(N2CCN(Cn3nc(N4CCCC4)n(-c4ccc(C)cc4)c3=S)CC2)cc1. The summed E-state index contributed by atoms with van der Waals surface area (Å²) in [6, 6.07) is 16.9. The zero-order valence-electron chi connectivity index (χ0n) is 19.5. The first-order chi connectivity index (χ1) is 16.1. The van der Waals surface area contributed by atoms with Crippen molar-refractivity contribution in [2.45, 2.75) is 26.4 Å². The van der Waals surface area contributed by atoms with Gasteiger partial charge in [-0.15, -0.1) is 5.10 Å². The number of aryl methyl sites for hydroxylation is 1. The Morgan fingerprint density at radius 2 is 1.45 bits per heavy atom. The lowest BCUT2D eigenvalue weighted by atomic mass is 10.2. The van der Waals surface area contributed by atoms with Crippen molar-refractivity contribution in [3.63, 3.8) is 0 Å². The lowest BCUT2D eigenvalue weighted by Gasteiger charge is -2.35. The fraction of sp³-hybridized carbons (Fsp3) is 0.440. The summed E-state index contributed by atoms with van der Waals surface area (Å²) in [4.78, 5) is 7.24. The summed E-state index contributed by atoms with van der Waals surface area (Å²) in [6.45, 7) is 8.83. The first-order valence-electron chi connectivity index (χ1n) is 11.8. The van der Waals surface area contributed by atoms with Crippen LogP contribution in [0.5, 0.6) is 5.75 Å². The van der Waals surface area contributed by atoms with Gasteiger partial charge in [-0.05, 0) is 68.4 Å². The minimum absolute atomic E-state index is 0.717. The number of hydrogen-bond acceptors (Lipinski definition) is 6. The van der Waals surface area contributed by atoms with E-state index in [0.717, 1.165) is 68.1 Å². The zero-order chi connectivity index (χ0) is 22.8. The van der Waals surface area contributed by atoms with E-state index in [2.05, 4.69) is 62.6 Å². The van der Waals surface area contributed by atoms with Gasteiger partial charge in [0.2, 0.25) is 10.7 Å². The molecule has 1 aromatic heterocycles. The van der Waals surface area contributed by atoms with Gasteiger partial charge in [0.25, 0.3) is 0 Å². The van der Waals surface area contributed by atoms with Crippen molar-refractivity contribution in [1.29, 1.82) is 0 Å². The molecule has 0 spiro atoms. The molecule has 3 aromatic rings. The molecule has 2 fully saturated rings. The second-order valence-electron chi connectivity index (χ2n) is 8.89. The Kier molecular flexibility index (Phi) is 6.37. The Balaban J connectivity index is 1.33. The molecule has 2 aliphatic heterocycles. The van der Waals surface area contributed by atoms with Crippen LogP contribution in [0, 0.1) is 11.7 Å². The van der Waals surface area contributed by atoms with E-state index >= 15 is 0 Å². The van der Waals surface area contributed by atoms with Gasteiger partial charge in [-0.3, -0.25) is 9.47 Å². The van der Waals surface area contributed by atoms with Crippen LogP contribution in [0.2, 0.25) is 0 Å². The fourth-order valence-electron chi connectivity index (χ4n) is 4.66. The Hall–Kier alpha value is -2.84. The average molecular weight is 465 g/mol. The molecule has 5 rings (SSSR count). The monoisotopic (exact) mass is 464 g/mol. The summed E-state index contributed by atoms with van der Waals surface area (Å²) in [7, 11) is 1.70. The Bertz CT molecular complexity index is 1120. The first-order valence-corrected chi connectivity index (χ1v) is 12.2. The van der Waals surface area contributed by atoms with E-state index in [-0.39, 0.29) is 0 Å². The lowest BCUT2D eigenvalue weighted by molar-refractivity contribution is 0.194. The van der Waals surface area contributed by atoms with Crippen LogP contribution in [0.3, 0.4) is 0 Å². The van der Waals surface area contributed by atoms with E-state index in [9.17, 15) is 0 Å². The van der Waals surface area contributed by atoms with E-state index in [4.69, 9.17) is 22.1 Å². The molecule has 0 bridgehead atoms. The maximum absolute atomic E-state index is 5.94. The first kappa shape index (κ1) is 22.0. The highest BCUT2D eigenvalue weighted by molar-refractivity contribution is 7.71. The van der Waals surface area contributed by atoms with Crippen LogP contribution in [0.4, 0.5) is 11.6 Å². The van der Waals surface area contributed by atoms with Crippen LogP contribution in [-0.4, -0.2) is 65.6 Å². The van der Waals surface area contributed by atoms with Crippen molar-refractivity contribution in [3.8, 4) is 11.4 Å². The molecule has 0 atom stereocenters. The molecular weight excluding hydrogens is 432 g/mol. The van der Waals surface area contributed by atoms with Crippen molar-refractivity contribution in [2.24, 2.45) is 0 Å². The molecule has 174 valence electrons. The van der Waals surface area contributed by atoms with E-state index < -0.39 is 0 Å². The van der Waals surface area contributed by atoms with Gasteiger partial charge < -0.3 is 14.5 Å². The van der Waals surface area contributed by atoms with Crippen molar-refractivity contribution in [1.82, 2.24) is 19.2 Å². The lowest BCUT2D eigenvalue weighted by Crippen LogP contribution is -2.47. The van der Waals surface area contributed by atoms with Gasteiger partial charge in [0.1, 0.15) is 5.75 Å². The topological polar surface area (TPSA) is 41.7 Å². The summed E-state index contributed by atoms with van der Waals surface area (Å²) < 4.78 is 10.2. The van der Waals surface area contributed by atoms with E-state index in [1.165, 1.54) is 24.1 Å². The van der Waals surface area contributed by atoms with Crippen LogP contribution in [0.25, 0.3) is 5.69 Å². The summed E-state index contributed by atoms with van der Waals surface area (Å²) in [5, 5.41) is 5.01. The number of ether oxygens (including phenoxy) is 1. The Morgan fingerprint density at radius 3 is 2.09 bits per heavy atom. The van der Waals surface area contributed by atoms with Crippen LogP contribution in [0.15, 0.2) is 48.5 Å². The molecule has 33 heavy (non-hydrogen) atoms. The number of nitrogens with zero attached hydrogens (tertiary/aromatic N) is 6. The van der Waals surface area contributed by atoms with E-state index in [0.29, 0.717) is 0 Å². The van der Waals surface area contributed by atoms with Crippen LogP contribution in [0.1, 0.15) is 18.4 Å². The summed E-state index contributed by atoms with van der Waals surface area (Å²) in [6.07, 6.45) is 2.42. The summed E-state index contributed by atoms with van der Waals surface area (Å²) >= 11 is 5.94. The molecule has 2 aromatic carbocycles. The standard InChI is InChI=1S/C25H32N6OS/c1-20-5-7-22(8-6-20)31-24(29-13-3-4-14-29)26-30(25(31)33)19-27-15-17-28(18-16-27)21-9-11-23(32-2)12-10-21/h5-12H,3-4,13-19H2,1-2H3. The Morgan fingerprint density at radius 1 is 0.818 bits per heavy atom. The number of anilines is 2. The molecule has 0 saturated carbocycles. The molecule has 0 unspecified atom stereocenters. The molecular formula is C25H32N6OS. The Labute approximate surface area is 200 Å². The van der Waals surface area contributed by atoms with Gasteiger partial charge in [0.15, 0.2) is 0 Å². The van der Waals surface area contributed by atoms with Crippen LogP contribution < -0.4 is 14.5 Å². The minimum Gasteiger partial charge on any atom is -0.497 e. The van der Waals surface area contributed by atoms with Gasteiger partial charge in [0, 0.05) is 45.0 Å². The maximum Gasteiger partial charge on any atom is 0.230 e. The fourth-order valence-corrected chi connectivity index (χ4v) is 4.95. The van der Waals surface area contributed by atoms with E-state index in [1.807, 2.05) is 16.8 Å². The molecule has 0 N–H and O–H groups in total. The number of benzene rings is 2. The van der Waals surface area contributed by atoms with Crippen molar-refractivity contribution in [2.75, 3.05) is 56.2 Å². The highest BCUT2D eigenvalue weighted by atomic mass is 32.1. The quantitative estimate of drug-likeness (QED) is 0.512. The number of methoxy groups -OCH3 is 1. The highest BCUT2D eigenvalue weighted by Gasteiger charge is 2.24. The van der Waals surface area contributed by atoms with Crippen molar-refractivity contribution in [3.05, 3.63) is 58.9 Å². The van der Waals surface area contributed by atoms with Crippen LogP contribution >= 0.6 is 12.2 Å². The van der Waals surface area contributed by atoms with Gasteiger partial charge >= 0.3 is 0 Å². The van der Waals surface area contributed by atoms with Crippen molar-refractivity contribution < 1.29 is 4.74 Å². The predicted molar refractivity (Wildman–Crippen MR) is 135 cm³/mol. The molecule has 3 heterocycles. The largest absolute Gasteiger partial charge is 0.497 e. The minimum atomic E-state index is 0.717. The normalized spacial score (nSPS) is 17.0. The van der Waals surface area contributed by atoms with Crippen LogP contribution in [-0.2, 0) is 6.67 Å². The number of rotatable bonds is 6. The second-order valence-corrected chi connectivity index (χ2v) is 9.26. The van der Waals surface area contributed by atoms with Crippen molar-refractivity contribution >= 4 is 23.9 Å². The van der Waals surface area contributed by atoms with Gasteiger partial charge in [-0.2, -0.15) is 0 Å². The molecule has 7 nitrogen and oxygen atoms in total. The maximum atomic E-state index is 5.94. The van der Waals surface area contributed by atoms with E-state index in [1.54, 1.807) is 7.11 Å². The third-order valence-corrected chi connectivity index (χ3v) is 7.04. The smallest absolute Gasteiger partial charge is 0.230 e. The predicted octanol–water partition coefficient (Wildman–Crippen LogP) is 4.10. The average Bonchev–Trinajstić information content (AvgIpc) is 3.49. The molecule has 2 saturated heterocycles.